The molecule has 0 heterocycles. The van der Waals surface area contributed by atoms with Gasteiger partial charge >= 0.3 is 0 Å². The van der Waals surface area contributed by atoms with Crippen molar-refractivity contribution in [3.8, 4) is 5.75 Å². The van der Waals surface area contributed by atoms with Crippen molar-refractivity contribution < 1.29 is 5.11 Å². The summed E-state index contributed by atoms with van der Waals surface area (Å²) in [5.41, 5.74) is 12.4. The molecule has 90 valence electrons. The lowest BCUT2D eigenvalue weighted by molar-refractivity contribution is 0.465. The Morgan fingerprint density at radius 1 is 1.25 bits per heavy atom. The topological polar surface area (TPSA) is 72.3 Å². The van der Waals surface area contributed by atoms with Gasteiger partial charge in [0, 0.05) is 16.1 Å². The van der Waals surface area contributed by atoms with E-state index in [1.165, 1.54) is 0 Å². The number of hydrogen-bond acceptors (Lipinski definition) is 3. The van der Waals surface area contributed by atoms with E-state index in [-0.39, 0.29) is 11.8 Å². The summed E-state index contributed by atoms with van der Waals surface area (Å²) in [6.45, 7) is 0.617. The van der Waals surface area contributed by atoms with E-state index in [2.05, 4.69) is 47.8 Å². The van der Waals surface area contributed by atoms with Crippen LogP contribution in [0.15, 0.2) is 19.5 Å². The van der Waals surface area contributed by atoms with Crippen LogP contribution in [-0.4, -0.2) is 11.7 Å². The molecule has 0 aliphatic carbocycles. The summed E-state index contributed by atoms with van der Waals surface area (Å²) >= 11 is 10.1. The van der Waals surface area contributed by atoms with Gasteiger partial charge in [0.1, 0.15) is 5.75 Å². The molecule has 6 heteroatoms. The fraction of sp³-hybridized carbons (Fsp3) is 0.400. The summed E-state index contributed by atoms with van der Waals surface area (Å²) in [5.74, 6) is 0.168. The maximum absolute atomic E-state index is 9.79. The van der Waals surface area contributed by atoms with Crippen LogP contribution in [0, 0.1) is 0 Å². The van der Waals surface area contributed by atoms with Gasteiger partial charge in [0.15, 0.2) is 0 Å². The van der Waals surface area contributed by atoms with Crippen LogP contribution < -0.4 is 11.5 Å². The number of nitrogens with two attached hydrogens (primary N) is 2. The first-order chi connectivity index (χ1) is 7.49. The molecular weight excluding hydrogens is 404 g/mol. The molecule has 16 heavy (non-hydrogen) atoms. The molecule has 0 fully saturated rings. The number of halogens is 3. The number of phenolic OH excluding ortho intramolecular Hbond substituents is 1. The molecule has 0 bridgehead atoms. The first kappa shape index (κ1) is 14.4. The highest BCUT2D eigenvalue weighted by Gasteiger charge is 2.18. The molecule has 0 unspecified atom stereocenters. The summed E-state index contributed by atoms with van der Waals surface area (Å²) < 4.78 is 2.12. The fourth-order valence-electron chi connectivity index (χ4n) is 1.42. The summed E-state index contributed by atoms with van der Waals surface area (Å²) in [7, 11) is 0. The molecular formula is C10H13Br3N2O. The van der Waals surface area contributed by atoms with Crippen LogP contribution >= 0.6 is 47.8 Å². The van der Waals surface area contributed by atoms with Crippen molar-refractivity contribution in [2.45, 2.75) is 18.9 Å². The second-order valence-electron chi connectivity index (χ2n) is 3.45. The van der Waals surface area contributed by atoms with Gasteiger partial charge in [-0.25, -0.2) is 0 Å². The summed E-state index contributed by atoms with van der Waals surface area (Å²) in [5, 5.41) is 9.79. The number of hydrogen-bond donors (Lipinski definition) is 3. The molecule has 1 rings (SSSR count). The molecule has 0 amide bonds. The van der Waals surface area contributed by atoms with Gasteiger partial charge in [0.25, 0.3) is 0 Å². The standard InChI is InChI=1S/C10H13Br3N2O/c11-5-4-6(12)10(16)9(13)8(5)7(15)2-1-3-14/h4,7,16H,1-3,14-15H2/t7-/m0/s1. The highest BCUT2D eigenvalue weighted by atomic mass is 79.9. The van der Waals surface area contributed by atoms with Gasteiger partial charge in [-0.05, 0) is 57.3 Å². The molecule has 0 aliphatic rings. The Morgan fingerprint density at radius 2 is 1.88 bits per heavy atom. The largest absolute Gasteiger partial charge is 0.506 e. The van der Waals surface area contributed by atoms with Crippen molar-refractivity contribution in [1.29, 1.82) is 0 Å². The maximum Gasteiger partial charge on any atom is 0.144 e. The van der Waals surface area contributed by atoms with Gasteiger partial charge in [-0.3, -0.25) is 0 Å². The first-order valence-corrected chi connectivity index (χ1v) is 7.19. The van der Waals surface area contributed by atoms with Crippen LogP contribution in [0.5, 0.6) is 5.75 Å². The third kappa shape index (κ3) is 3.20. The molecule has 1 atom stereocenters. The van der Waals surface area contributed by atoms with E-state index in [0.717, 1.165) is 22.9 Å². The van der Waals surface area contributed by atoms with E-state index in [1.807, 2.05) is 0 Å². The minimum atomic E-state index is -0.147. The lowest BCUT2D eigenvalue weighted by atomic mass is 10.0. The minimum Gasteiger partial charge on any atom is -0.506 e. The number of rotatable bonds is 4. The third-order valence-electron chi connectivity index (χ3n) is 2.27. The average molecular weight is 417 g/mol. The Balaban J connectivity index is 3.08. The predicted molar refractivity (Wildman–Crippen MR) is 76.4 cm³/mol. The van der Waals surface area contributed by atoms with Crippen LogP contribution in [0.2, 0.25) is 0 Å². The van der Waals surface area contributed by atoms with Crippen molar-refractivity contribution in [3.05, 3.63) is 25.0 Å². The van der Waals surface area contributed by atoms with Gasteiger partial charge in [0.05, 0.1) is 8.95 Å². The quantitative estimate of drug-likeness (QED) is 0.704. The summed E-state index contributed by atoms with van der Waals surface area (Å²) in [4.78, 5) is 0. The van der Waals surface area contributed by atoms with Gasteiger partial charge in [0.2, 0.25) is 0 Å². The van der Waals surface area contributed by atoms with Gasteiger partial charge in [-0.2, -0.15) is 0 Å². The highest BCUT2D eigenvalue weighted by molar-refractivity contribution is 9.11. The lowest BCUT2D eigenvalue weighted by Crippen LogP contribution is -2.14. The van der Waals surface area contributed by atoms with Crippen LogP contribution in [0.1, 0.15) is 24.4 Å². The zero-order valence-electron chi connectivity index (χ0n) is 8.51. The van der Waals surface area contributed by atoms with Crippen molar-refractivity contribution in [2.75, 3.05) is 6.54 Å². The van der Waals surface area contributed by atoms with Crippen LogP contribution in [-0.2, 0) is 0 Å². The average Bonchev–Trinajstić information content (AvgIpc) is 2.23. The van der Waals surface area contributed by atoms with Crippen LogP contribution in [0.4, 0.5) is 0 Å². The van der Waals surface area contributed by atoms with E-state index >= 15 is 0 Å². The molecule has 0 aromatic heterocycles. The molecule has 0 radical (unpaired) electrons. The smallest absolute Gasteiger partial charge is 0.144 e. The van der Waals surface area contributed by atoms with Crippen molar-refractivity contribution in [2.24, 2.45) is 11.5 Å². The molecule has 3 nitrogen and oxygen atoms in total. The van der Waals surface area contributed by atoms with E-state index in [1.54, 1.807) is 6.07 Å². The Bertz CT molecular complexity index is 385. The molecule has 1 aromatic rings. The Morgan fingerprint density at radius 3 is 2.44 bits per heavy atom. The minimum absolute atomic E-state index is 0.147. The second-order valence-corrected chi connectivity index (χ2v) is 5.96. The second kappa shape index (κ2) is 6.35. The van der Waals surface area contributed by atoms with E-state index in [9.17, 15) is 5.11 Å². The van der Waals surface area contributed by atoms with Gasteiger partial charge < -0.3 is 16.6 Å². The third-order valence-corrected chi connectivity index (χ3v) is 4.33. The zero-order chi connectivity index (χ0) is 12.3. The predicted octanol–water partition coefficient (Wildman–Crippen LogP) is 3.42. The monoisotopic (exact) mass is 414 g/mol. The van der Waals surface area contributed by atoms with Crippen LogP contribution in [0.25, 0.3) is 0 Å². The Labute approximate surface area is 120 Å². The summed E-state index contributed by atoms with van der Waals surface area (Å²) in [6.07, 6.45) is 1.64. The van der Waals surface area contributed by atoms with Crippen molar-refractivity contribution in [3.63, 3.8) is 0 Å². The first-order valence-electron chi connectivity index (χ1n) is 4.81. The molecule has 0 saturated heterocycles. The maximum atomic E-state index is 9.79. The summed E-state index contributed by atoms with van der Waals surface area (Å²) in [6, 6.07) is 1.64. The van der Waals surface area contributed by atoms with E-state index < -0.39 is 0 Å². The lowest BCUT2D eigenvalue weighted by Gasteiger charge is -2.17. The van der Waals surface area contributed by atoms with E-state index in [0.29, 0.717) is 15.5 Å². The van der Waals surface area contributed by atoms with E-state index in [4.69, 9.17) is 11.5 Å². The van der Waals surface area contributed by atoms with Crippen molar-refractivity contribution in [1.82, 2.24) is 0 Å². The zero-order valence-corrected chi connectivity index (χ0v) is 13.3. The highest BCUT2D eigenvalue weighted by Crippen LogP contribution is 2.42. The van der Waals surface area contributed by atoms with Gasteiger partial charge in [-0.15, -0.1) is 0 Å². The normalized spacial score (nSPS) is 12.8. The van der Waals surface area contributed by atoms with Gasteiger partial charge in [-0.1, -0.05) is 15.9 Å². The molecule has 1 aromatic carbocycles. The van der Waals surface area contributed by atoms with Crippen LogP contribution in [0.3, 0.4) is 0 Å². The number of aromatic hydroxyl groups is 1. The molecule has 0 saturated carbocycles. The molecule has 0 aliphatic heterocycles. The number of benzene rings is 1. The Hall–Kier alpha value is 0.380. The SMILES string of the molecule is NCCC[C@H](N)c1c(Br)cc(Br)c(O)c1Br. The number of phenols is 1. The fourth-order valence-corrected chi connectivity index (χ4v) is 4.13. The van der Waals surface area contributed by atoms with Crippen molar-refractivity contribution >= 4 is 47.8 Å². The Kier molecular flexibility index (Phi) is 5.73. The molecule has 0 spiro atoms. The molecule has 5 N–H and O–H groups in total.